The van der Waals surface area contributed by atoms with E-state index >= 15 is 0 Å². The number of aliphatic hydroxyl groups excluding tert-OH is 2. The maximum absolute atomic E-state index is 12.3. The number of hydrogen-bond acceptors (Lipinski definition) is 4. The zero-order chi connectivity index (χ0) is 19.1. The quantitative estimate of drug-likeness (QED) is 0.627. The second-order valence-electron chi connectivity index (χ2n) is 4.86. The number of rotatable bonds is 0. The topological polar surface area (TPSA) is 58.9 Å². The van der Waals surface area contributed by atoms with Gasteiger partial charge in [-0.05, 0) is 0 Å². The third-order valence-electron chi connectivity index (χ3n) is 3.02. The maximum Gasteiger partial charge on any atom is 0.362 e. The largest absolute Gasteiger partial charge is 0.363 e. The van der Waals surface area contributed by atoms with Crippen molar-refractivity contribution in [3.63, 3.8) is 0 Å². The third-order valence-corrected chi connectivity index (χ3v) is 3.02. The van der Waals surface area contributed by atoms with Crippen LogP contribution in [0.4, 0.5) is 43.9 Å². The molecule has 2 aliphatic heterocycles. The van der Waals surface area contributed by atoms with Crippen molar-refractivity contribution in [2.45, 2.75) is 48.6 Å². The summed E-state index contributed by atoms with van der Waals surface area (Å²) in [6.45, 7) is -2.77. The molecule has 0 aromatic rings. The Bertz CT molecular complexity index is 425. The Labute approximate surface area is 126 Å². The highest BCUT2D eigenvalue weighted by Crippen LogP contribution is 2.44. The maximum atomic E-state index is 12.3. The van der Waals surface area contributed by atoms with E-state index in [-0.39, 0.29) is 0 Å². The van der Waals surface area contributed by atoms with Crippen LogP contribution in [0.3, 0.4) is 0 Å². The number of hydrogen-bond donors (Lipinski definition) is 2. The summed E-state index contributed by atoms with van der Waals surface area (Å²) in [6.07, 6.45) is -12.5. The summed E-state index contributed by atoms with van der Waals surface area (Å²) in [5.74, 6) is -18.5. The van der Waals surface area contributed by atoms with Gasteiger partial charge in [-0.3, -0.25) is 0 Å². The molecular formula is C10H10F10O4. The van der Waals surface area contributed by atoms with Crippen molar-refractivity contribution in [1.29, 1.82) is 0 Å². The Morgan fingerprint density at radius 3 is 1.67 bits per heavy atom. The zero-order valence-electron chi connectivity index (χ0n) is 11.2. The van der Waals surface area contributed by atoms with Crippen molar-refractivity contribution in [3.05, 3.63) is 0 Å². The predicted octanol–water partition coefficient (Wildman–Crippen LogP) is 1.89. The van der Waals surface area contributed by atoms with Crippen LogP contribution in [0.1, 0.15) is 0 Å². The summed E-state index contributed by atoms with van der Waals surface area (Å²) in [4.78, 5) is 0. The van der Waals surface area contributed by atoms with Crippen molar-refractivity contribution in [2.24, 2.45) is 0 Å². The normalized spacial score (nSPS) is 39.5. The Kier molecular flexibility index (Phi) is 5.70. The third kappa shape index (κ3) is 3.55. The molecule has 2 aliphatic rings. The minimum absolute atomic E-state index is 1.23. The molecule has 2 fully saturated rings. The van der Waals surface area contributed by atoms with Crippen molar-refractivity contribution >= 4 is 0 Å². The minimum atomic E-state index is -4.87. The molecule has 0 saturated carbocycles. The lowest BCUT2D eigenvalue weighted by Crippen LogP contribution is -2.61. The average molecular weight is 384 g/mol. The van der Waals surface area contributed by atoms with Crippen molar-refractivity contribution in [1.82, 2.24) is 0 Å². The second-order valence-corrected chi connectivity index (χ2v) is 4.86. The molecule has 0 aromatic carbocycles. The predicted molar refractivity (Wildman–Crippen MR) is 53.5 cm³/mol. The van der Waals surface area contributed by atoms with Crippen LogP contribution in [0, 0.1) is 0 Å². The van der Waals surface area contributed by atoms with Gasteiger partial charge >= 0.3 is 23.7 Å². The van der Waals surface area contributed by atoms with E-state index in [0.717, 1.165) is 0 Å². The highest BCUT2D eigenvalue weighted by Gasteiger charge is 2.69. The fourth-order valence-corrected chi connectivity index (χ4v) is 1.54. The van der Waals surface area contributed by atoms with Crippen LogP contribution in [0.15, 0.2) is 0 Å². The number of halogens is 10. The van der Waals surface area contributed by atoms with E-state index < -0.39 is 61.8 Å². The lowest BCUT2D eigenvalue weighted by atomic mass is 10.0. The molecule has 2 saturated heterocycles. The van der Waals surface area contributed by atoms with Gasteiger partial charge in [0.1, 0.15) is 6.61 Å². The Balaban J connectivity index is 0.000000240. The molecule has 24 heavy (non-hydrogen) atoms. The van der Waals surface area contributed by atoms with Crippen LogP contribution in [-0.2, 0) is 9.47 Å². The van der Waals surface area contributed by atoms with E-state index in [1.807, 2.05) is 0 Å². The Hall–Kier alpha value is -0.860. The molecular weight excluding hydrogens is 374 g/mol. The molecule has 0 spiro atoms. The van der Waals surface area contributed by atoms with Crippen LogP contribution < -0.4 is 0 Å². The summed E-state index contributed by atoms with van der Waals surface area (Å²) in [5.41, 5.74) is 0. The molecule has 0 bridgehead atoms. The first-order valence-corrected chi connectivity index (χ1v) is 5.97. The van der Waals surface area contributed by atoms with E-state index in [2.05, 4.69) is 9.47 Å². The molecule has 0 aliphatic carbocycles. The van der Waals surface area contributed by atoms with E-state index in [9.17, 15) is 43.9 Å². The summed E-state index contributed by atoms with van der Waals surface area (Å²) in [6, 6.07) is 0. The van der Waals surface area contributed by atoms with Gasteiger partial charge in [-0.15, -0.1) is 0 Å². The van der Waals surface area contributed by atoms with Gasteiger partial charge < -0.3 is 19.7 Å². The van der Waals surface area contributed by atoms with Crippen molar-refractivity contribution in [3.8, 4) is 0 Å². The SMILES string of the molecule is OC1OCC(F)(F)C(F)C1(F)F.OC1OCC(F)C(F)(F)C1(F)F. The summed E-state index contributed by atoms with van der Waals surface area (Å²) in [7, 11) is 0. The molecule has 14 heteroatoms. The summed E-state index contributed by atoms with van der Waals surface area (Å²) < 4.78 is 130. The van der Waals surface area contributed by atoms with Crippen LogP contribution in [-0.4, -0.2) is 72.0 Å². The van der Waals surface area contributed by atoms with E-state index in [1.165, 1.54) is 0 Å². The van der Waals surface area contributed by atoms with E-state index in [4.69, 9.17) is 10.2 Å². The van der Waals surface area contributed by atoms with Crippen LogP contribution >= 0.6 is 0 Å². The van der Waals surface area contributed by atoms with Crippen LogP contribution in [0.2, 0.25) is 0 Å². The van der Waals surface area contributed by atoms with E-state index in [1.54, 1.807) is 0 Å². The van der Waals surface area contributed by atoms with Gasteiger partial charge in [0.2, 0.25) is 18.8 Å². The van der Waals surface area contributed by atoms with Gasteiger partial charge in [-0.2, -0.15) is 26.3 Å². The molecule has 0 radical (unpaired) electrons. The molecule has 144 valence electrons. The van der Waals surface area contributed by atoms with Crippen molar-refractivity contribution in [2.75, 3.05) is 13.2 Å². The molecule has 0 aromatic heterocycles. The molecule has 4 nitrogen and oxygen atoms in total. The van der Waals surface area contributed by atoms with Gasteiger partial charge in [0.25, 0.3) is 0 Å². The second kappa shape index (κ2) is 6.46. The van der Waals surface area contributed by atoms with Gasteiger partial charge in [-0.1, -0.05) is 0 Å². The monoisotopic (exact) mass is 384 g/mol. The van der Waals surface area contributed by atoms with E-state index in [0.29, 0.717) is 0 Å². The van der Waals surface area contributed by atoms with Crippen LogP contribution in [0.25, 0.3) is 0 Å². The lowest BCUT2D eigenvalue weighted by Gasteiger charge is -2.36. The summed E-state index contributed by atoms with van der Waals surface area (Å²) in [5, 5.41) is 16.6. The smallest absolute Gasteiger partial charge is 0.362 e. The first-order chi connectivity index (χ1) is 10.6. The number of alkyl halides is 10. The fourth-order valence-electron chi connectivity index (χ4n) is 1.54. The highest BCUT2D eigenvalue weighted by molar-refractivity contribution is 4.96. The van der Waals surface area contributed by atoms with Gasteiger partial charge in [0.05, 0.1) is 6.61 Å². The zero-order valence-corrected chi connectivity index (χ0v) is 11.2. The molecule has 2 heterocycles. The summed E-state index contributed by atoms with van der Waals surface area (Å²) >= 11 is 0. The Morgan fingerprint density at radius 2 is 1.25 bits per heavy atom. The standard InChI is InChI=1S/2C5H5F5O2/c6-2-4(7,8)1-12-3(11)5(2,9)10;6-2-1-12-3(11)5(9,10)4(2,7)8/h2*2-3,11H,1H2. The minimum Gasteiger partial charge on any atom is -0.363 e. The lowest BCUT2D eigenvalue weighted by molar-refractivity contribution is -0.366. The Morgan fingerprint density at radius 1 is 0.750 bits per heavy atom. The molecule has 2 rings (SSSR count). The number of ether oxygens (including phenoxy) is 2. The van der Waals surface area contributed by atoms with Gasteiger partial charge in [-0.25, -0.2) is 17.6 Å². The first-order valence-electron chi connectivity index (χ1n) is 5.97. The molecule has 0 amide bonds. The fraction of sp³-hybridized carbons (Fsp3) is 1.00. The molecule has 4 atom stereocenters. The number of aliphatic hydroxyl groups is 2. The van der Waals surface area contributed by atoms with Gasteiger partial charge in [0, 0.05) is 0 Å². The van der Waals surface area contributed by atoms with Crippen molar-refractivity contribution < 1.29 is 63.6 Å². The molecule has 2 N–H and O–H groups in total. The highest BCUT2D eigenvalue weighted by atomic mass is 19.3. The van der Waals surface area contributed by atoms with Gasteiger partial charge in [0.15, 0.2) is 6.17 Å². The first kappa shape index (κ1) is 21.2. The average Bonchev–Trinajstić information content (AvgIpc) is 2.46. The molecule has 4 unspecified atom stereocenters. The van der Waals surface area contributed by atoms with Crippen LogP contribution in [0.5, 0.6) is 0 Å².